The van der Waals surface area contributed by atoms with Crippen LogP contribution in [-0.4, -0.2) is 0 Å². The van der Waals surface area contributed by atoms with E-state index in [4.69, 9.17) is 23.2 Å². The summed E-state index contributed by atoms with van der Waals surface area (Å²) in [6, 6.07) is 23.8. The monoisotopic (exact) mass is 534 g/mol. The number of hydrogen-bond acceptors (Lipinski definition) is 0. The molecule has 2 aliphatic rings. The van der Waals surface area contributed by atoms with Gasteiger partial charge in [-0.15, -0.1) is 0 Å². The van der Waals surface area contributed by atoms with Crippen molar-refractivity contribution in [1.82, 2.24) is 0 Å². The molecule has 5 rings (SSSR count). The molecule has 144 valence electrons. The fourth-order valence-corrected chi connectivity index (χ4v) is 8.85. The quantitative estimate of drug-likeness (QED) is 0.476. The zero-order chi connectivity index (χ0) is 18.4. The topological polar surface area (TPSA) is 0 Å². The summed E-state index contributed by atoms with van der Waals surface area (Å²) in [7, 11) is 0. The van der Waals surface area contributed by atoms with Crippen LogP contribution in [0.1, 0.15) is 26.7 Å². The Morgan fingerprint density at radius 2 is 1.31 bits per heavy atom. The van der Waals surface area contributed by atoms with Crippen molar-refractivity contribution < 1.29 is 48.0 Å². The van der Waals surface area contributed by atoms with Crippen LogP contribution in [0.25, 0.3) is 16.7 Å². The predicted octanol–water partition coefficient (Wildman–Crippen LogP) is 1.52. The first kappa shape index (κ1) is 22.9. The van der Waals surface area contributed by atoms with E-state index in [0.29, 0.717) is 13.7 Å². The van der Waals surface area contributed by atoms with Crippen LogP contribution in [0, 0.1) is 0 Å². The van der Waals surface area contributed by atoms with Gasteiger partial charge in [0, 0.05) is 0 Å². The molecule has 2 aliphatic carbocycles. The second-order valence-electron chi connectivity index (χ2n) is 6.85. The van der Waals surface area contributed by atoms with Gasteiger partial charge in [-0.25, -0.2) is 0 Å². The first-order chi connectivity index (χ1) is 13.2. The third-order valence-corrected chi connectivity index (χ3v) is 10.4. The SMILES string of the molecule is Clc1cccc(C2=[C]([Zr+2][CH]3c4ccccc4-c4ccccc43)CC=C2)c1Cl.[Cl-].[Cl-]. The first-order valence-corrected chi connectivity index (χ1v) is 12.4. The maximum atomic E-state index is 6.54. The number of allylic oxidation sites excluding steroid dienone is 4. The molecule has 3 aromatic rings. The van der Waals surface area contributed by atoms with Crippen LogP contribution in [0.4, 0.5) is 0 Å². The van der Waals surface area contributed by atoms with Gasteiger partial charge in [-0.2, -0.15) is 0 Å². The third kappa shape index (κ3) is 4.06. The minimum atomic E-state index is -0.906. The Morgan fingerprint density at radius 3 is 1.97 bits per heavy atom. The smallest absolute Gasteiger partial charge is 1.00 e. The van der Waals surface area contributed by atoms with Crippen molar-refractivity contribution in [3.8, 4) is 11.1 Å². The van der Waals surface area contributed by atoms with Gasteiger partial charge in [0.2, 0.25) is 0 Å². The van der Waals surface area contributed by atoms with E-state index in [9.17, 15) is 0 Å². The van der Waals surface area contributed by atoms with Crippen molar-refractivity contribution in [2.75, 3.05) is 0 Å². The van der Waals surface area contributed by atoms with Crippen molar-refractivity contribution >= 4 is 28.8 Å². The van der Waals surface area contributed by atoms with Crippen LogP contribution in [0.2, 0.25) is 10.0 Å². The minimum Gasteiger partial charge on any atom is -1.00 e. The van der Waals surface area contributed by atoms with Crippen molar-refractivity contribution in [2.24, 2.45) is 0 Å². The summed E-state index contributed by atoms with van der Waals surface area (Å²) in [6.45, 7) is 0. The predicted molar refractivity (Wildman–Crippen MR) is 111 cm³/mol. The van der Waals surface area contributed by atoms with Crippen LogP contribution in [-0.2, 0) is 23.2 Å². The molecule has 5 heteroatoms. The molecule has 0 bridgehead atoms. The fourth-order valence-electron chi connectivity index (χ4n) is 4.09. The van der Waals surface area contributed by atoms with Crippen LogP contribution >= 0.6 is 23.2 Å². The van der Waals surface area contributed by atoms with E-state index >= 15 is 0 Å². The molecular weight excluding hydrogens is 521 g/mol. The number of halogens is 4. The van der Waals surface area contributed by atoms with E-state index in [1.165, 1.54) is 27.8 Å². The summed E-state index contributed by atoms with van der Waals surface area (Å²) in [5, 5.41) is 1.30. The van der Waals surface area contributed by atoms with Gasteiger partial charge in [0.15, 0.2) is 0 Å². The molecule has 0 radical (unpaired) electrons. The molecule has 0 nitrogen and oxygen atoms in total. The summed E-state index contributed by atoms with van der Waals surface area (Å²) < 4.78 is 2.16. The molecule has 0 saturated carbocycles. The maximum Gasteiger partial charge on any atom is -1.00 e. The standard InChI is InChI=1S/C13H9.C11H7Cl2.2ClH.Zr/c1-3-7-12-10(5-1)9-11-6-2-4-8-13(11)12;12-10-7-3-6-9(11(10)13)8-4-1-2-5-8;;;/h1-9H;1,3-4,6-7H,2H2;2*1H;/q;;;;+2/p-2. The average molecular weight is 537 g/mol. The molecule has 0 spiro atoms. The van der Waals surface area contributed by atoms with E-state index < -0.39 is 23.2 Å². The summed E-state index contributed by atoms with van der Waals surface area (Å²) >= 11 is 11.9. The molecule has 0 fully saturated rings. The molecule has 0 amide bonds. The van der Waals surface area contributed by atoms with Crippen molar-refractivity contribution in [1.29, 1.82) is 0 Å². The second kappa shape index (κ2) is 9.55. The van der Waals surface area contributed by atoms with Crippen LogP contribution < -0.4 is 24.8 Å². The van der Waals surface area contributed by atoms with Crippen LogP contribution in [0.15, 0.2) is 82.2 Å². The molecule has 0 saturated heterocycles. The van der Waals surface area contributed by atoms with E-state index in [1.54, 1.807) is 3.28 Å². The Morgan fingerprint density at radius 1 is 0.724 bits per heavy atom. The van der Waals surface area contributed by atoms with Crippen LogP contribution in [0.5, 0.6) is 0 Å². The Balaban J connectivity index is 0.00000120. The molecule has 3 aromatic carbocycles. The molecular formula is C24H16Cl4Zr. The fraction of sp³-hybridized carbons (Fsp3) is 0.0833. The molecule has 0 atom stereocenters. The number of hydrogen-bond donors (Lipinski definition) is 0. The maximum absolute atomic E-state index is 6.54. The number of benzene rings is 3. The minimum absolute atomic E-state index is 0. The Labute approximate surface area is 205 Å². The Bertz CT molecular complexity index is 1070. The summed E-state index contributed by atoms with van der Waals surface area (Å²) in [5.74, 6) is 0. The second-order valence-corrected chi connectivity index (χ2v) is 11.2. The molecule has 0 unspecified atom stereocenters. The van der Waals surface area contributed by atoms with Gasteiger partial charge in [0.25, 0.3) is 0 Å². The average Bonchev–Trinajstić information content (AvgIpc) is 3.28. The summed E-state index contributed by atoms with van der Waals surface area (Å²) in [4.78, 5) is 0. The molecule has 0 heterocycles. The van der Waals surface area contributed by atoms with Crippen molar-refractivity contribution in [3.63, 3.8) is 0 Å². The van der Waals surface area contributed by atoms with Gasteiger partial charge < -0.3 is 24.8 Å². The largest absolute Gasteiger partial charge is 1.00 e. The third-order valence-electron chi connectivity index (χ3n) is 5.33. The molecule has 0 N–H and O–H groups in total. The van der Waals surface area contributed by atoms with Crippen molar-refractivity contribution in [2.45, 2.75) is 10.0 Å². The van der Waals surface area contributed by atoms with E-state index in [1.807, 2.05) is 12.1 Å². The van der Waals surface area contributed by atoms with Gasteiger partial charge in [-0.1, -0.05) is 0 Å². The van der Waals surface area contributed by atoms with Gasteiger partial charge in [0.1, 0.15) is 0 Å². The summed E-state index contributed by atoms with van der Waals surface area (Å²) in [5.41, 5.74) is 8.20. The van der Waals surface area contributed by atoms with Crippen molar-refractivity contribution in [3.05, 3.63) is 109 Å². The van der Waals surface area contributed by atoms with Gasteiger partial charge in [-0.3, -0.25) is 0 Å². The molecule has 0 aromatic heterocycles. The normalized spacial score (nSPS) is 14.0. The zero-order valence-corrected chi connectivity index (χ0v) is 20.8. The van der Waals surface area contributed by atoms with Gasteiger partial charge in [0.05, 0.1) is 0 Å². The Kier molecular flexibility index (Phi) is 7.52. The summed E-state index contributed by atoms with van der Waals surface area (Å²) in [6.07, 6.45) is 5.56. The molecule has 0 aliphatic heterocycles. The Hall–Kier alpha value is -0.817. The van der Waals surface area contributed by atoms with Crippen LogP contribution in [0.3, 0.4) is 0 Å². The molecule has 29 heavy (non-hydrogen) atoms. The number of rotatable bonds is 3. The zero-order valence-electron chi connectivity index (χ0n) is 15.3. The van der Waals surface area contributed by atoms with E-state index in [0.717, 1.165) is 12.0 Å². The van der Waals surface area contributed by atoms with E-state index in [2.05, 4.69) is 66.7 Å². The first-order valence-electron chi connectivity index (χ1n) is 9.03. The van der Waals surface area contributed by atoms with Gasteiger partial charge in [-0.05, 0) is 0 Å². The van der Waals surface area contributed by atoms with E-state index in [-0.39, 0.29) is 24.8 Å². The van der Waals surface area contributed by atoms with Gasteiger partial charge >= 0.3 is 182 Å². The number of fused-ring (bicyclic) bond motifs is 3.